The van der Waals surface area contributed by atoms with Crippen LogP contribution in [0, 0.1) is 17.3 Å². The minimum absolute atomic E-state index is 0.0871. The number of rotatable bonds is 6. The highest BCUT2D eigenvalue weighted by Crippen LogP contribution is 2.51. The molecular weight excluding hydrogens is 282 g/mol. The van der Waals surface area contributed by atoms with Gasteiger partial charge in [0, 0.05) is 11.3 Å². The second-order valence-corrected chi connectivity index (χ2v) is 6.43. The molecule has 0 saturated heterocycles. The molecule has 1 aromatic carbocycles. The van der Waals surface area contributed by atoms with Gasteiger partial charge >= 0.3 is 5.97 Å². The van der Waals surface area contributed by atoms with Crippen molar-refractivity contribution in [3.63, 3.8) is 0 Å². The molecule has 4 heteroatoms. The molecule has 1 aliphatic rings. The van der Waals surface area contributed by atoms with E-state index >= 15 is 0 Å². The molecule has 3 nitrogen and oxygen atoms in total. The van der Waals surface area contributed by atoms with Crippen LogP contribution in [0.4, 0.5) is 0 Å². The van der Waals surface area contributed by atoms with Crippen molar-refractivity contribution < 1.29 is 9.53 Å². The SMILES string of the molecule is COC(=O)CC1(CSCc2ccc(C#CCN)cc2)CC1. The predicted octanol–water partition coefficient (Wildman–Crippen LogP) is 2.57. The number of carbonyl (C=O) groups excluding carboxylic acids is 1. The van der Waals surface area contributed by atoms with Gasteiger partial charge in [-0.3, -0.25) is 4.79 Å². The molecule has 0 unspecified atom stereocenters. The fourth-order valence-electron chi connectivity index (χ4n) is 2.15. The van der Waals surface area contributed by atoms with E-state index in [4.69, 9.17) is 10.5 Å². The lowest BCUT2D eigenvalue weighted by Crippen LogP contribution is -2.13. The number of benzene rings is 1. The number of nitrogens with two attached hydrogens (primary N) is 1. The third kappa shape index (κ3) is 5.11. The highest BCUT2D eigenvalue weighted by molar-refractivity contribution is 7.98. The maximum Gasteiger partial charge on any atom is 0.306 e. The fraction of sp³-hybridized carbons (Fsp3) is 0.471. The van der Waals surface area contributed by atoms with Gasteiger partial charge in [-0.05, 0) is 41.7 Å². The van der Waals surface area contributed by atoms with Gasteiger partial charge in [0.05, 0.1) is 20.1 Å². The fourth-order valence-corrected chi connectivity index (χ4v) is 3.50. The van der Waals surface area contributed by atoms with E-state index in [2.05, 4.69) is 24.0 Å². The molecule has 0 spiro atoms. The van der Waals surface area contributed by atoms with Gasteiger partial charge in [0.25, 0.3) is 0 Å². The molecular formula is C17H21NO2S. The molecule has 2 rings (SSSR count). The Morgan fingerprint density at radius 3 is 2.67 bits per heavy atom. The molecule has 1 aliphatic carbocycles. The van der Waals surface area contributed by atoms with Gasteiger partial charge in [-0.2, -0.15) is 11.8 Å². The molecule has 0 amide bonds. The molecule has 1 aromatic rings. The van der Waals surface area contributed by atoms with E-state index in [1.165, 1.54) is 12.7 Å². The summed E-state index contributed by atoms with van der Waals surface area (Å²) in [4.78, 5) is 11.4. The molecule has 0 aliphatic heterocycles. The molecule has 2 N–H and O–H groups in total. The van der Waals surface area contributed by atoms with E-state index in [9.17, 15) is 4.79 Å². The van der Waals surface area contributed by atoms with Crippen LogP contribution >= 0.6 is 11.8 Å². The summed E-state index contributed by atoms with van der Waals surface area (Å²) in [6.45, 7) is 0.389. The zero-order chi connectivity index (χ0) is 15.1. The predicted molar refractivity (Wildman–Crippen MR) is 86.8 cm³/mol. The van der Waals surface area contributed by atoms with Crippen molar-refractivity contribution in [2.75, 3.05) is 19.4 Å². The van der Waals surface area contributed by atoms with Crippen molar-refractivity contribution in [2.24, 2.45) is 11.1 Å². The molecule has 112 valence electrons. The van der Waals surface area contributed by atoms with Gasteiger partial charge in [-0.25, -0.2) is 0 Å². The van der Waals surface area contributed by atoms with E-state index in [1.807, 2.05) is 23.9 Å². The Morgan fingerprint density at radius 1 is 1.38 bits per heavy atom. The topological polar surface area (TPSA) is 52.3 Å². The number of thioether (sulfide) groups is 1. The molecule has 0 aromatic heterocycles. The van der Waals surface area contributed by atoms with Crippen LogP contribution in [-0.4, -0.2) is 25.4 Å². The molecule has 0 heterocycles. The highest BCUT2D eigenvalue weighted by atomic mass is 32.2. The van der Waals surface area contributed by atoms with Crippen molar-refractivity contribution in [3.05, 3.63) is 35.4 Å². The smallest absolute Gasteiger partial charge is 0.306 e. The maximum atomic E-state index is 11.4. The Morgan fingerprint density at radius 2 is 2.10 bits per heavy atom. The molecule has 1 fully saturated rings. The van der Waals surface area contributed by atoms with Crippen molar-refractivity contribution in [3.8, 4) is 11.8 Å². The normalized spacial score (nSPS) is 15.0. The Bertz CT molecular complexity index is 538. The zero-order valence-corrected chi connectivity index (χ0v) is 13.2. The van der Waals surface area contributed by atoms with Gasteiger partial charge in [-0.1, -0.05) is 24.0 Å². The average Bonchev–Trinajstić information content (AvgIpc) is 3.26. The largest absolute Gasteiger partial charge is 0.469 e. The van der Waals surface area contributed by atoms with Crippen LogP contribution in [0.15, 0.2) is 24.3 Å². The summed E-state index contributed by atoms with van der Waals surface area (Å²) >= 11 is 1.89. The van der Waals surface area contributed by atoms with Gasteiger partial charge in [0.1, 0.15) is 0 Å². The lowest BCUT2D eigenvalue weighted by Gasteiger charge is -2.13. The number of esters is 1. The monoisotopic (exact) mass is 303 g/mol. The average molecular weight is 303 g/mol. The van der Waals surface area contributed by atoms with Crippen molar-refractivity contribution >= 4 is 17.7 Å². The lowest BCUT2D eigenvalue weighted by atomic mass is 10.1. The van der Waals surface area contributed by atoms with E-state index in [0.717, 1.165) is 29.9 Å². The Balaban J connectivity index is 1.77. The summed E-state index contributed by atoms with van der Waals surface area (Å²) in [6, 6.07) is 8.26. The van der Waals surface area contributed by atoms with E-state index in [0.29, 0.717) is 13.0 Å². The standard InChI is InChI=1S/C17H21NO2S/c1-20-16(19)11-17(8-9-17)13-21-12-15-6-4-14(5-7-15)3-2-10-18/h4-7H,8-13,18H2,1H3. The van der Waals surface area contributed by atoms with Crippen LogP contribution in [0.1, 0.15) is 30.4 Å². The van der Waals surface area contributed by atoms with Crippen LogP contribution in [0.5, 0.6) is 0 Å². The second kappa shape index (κ2) is 7.53. The first-order chi connectivity index (χ1) is 10.2. The summed E-state index contributed by atoms with van der Waals surface area (Å²) in [5.74, 6) is 7.77. The molecule has 0 radical (unpaired) electrons. The lowest BCUT2D eigenvalue weighted by molar-refractivity contribution is -0.141. The minimum atomic E-state index is -0.0871. The minimum Gasteiger partial charge on any atom is -0.469 e. The number of carbonyl (C=O) groups is 1. The van der Waals surface area contributed by atoms with Crippen LogP contribution in [0.2, 0.25) is 0 Å². The summed E-state index contributed by atoms with van der Waals surface area (Å²) < 4.78 is 4.77. The summed E-state index contributed by atoms with van der Waals surface area (Å²) in [5, 5.41) is 0. The van der Waals surface area contributed by atoms with Crippen LogP contribution in [0.25, 0.3) is 0 Å². The van der Waals surface area contributed by atoms with Gasteiger partial charge in [0.15, 0.2) is 0 Å². The summed E-state index contributed by atoms with van der Waals surface area (Å²) in [5.41, 5.74) is 7.84. The first-order valence-electron chi connectivity index (χ1n) is 7.10. The van der Waals surface area contributed by atoms with Gasteiger partial charge in [-0.15, -0.1) is 0 Å². The number of methoxy groups -OCH3 is 1. The van der Waals surface area contributed by atoms with Gasteiger partial charge < -0.3 is 10.5 Å². The molecule has 0 atom stereocenters. The van der Waals surface area contributed by atoms with Gasteiger partial charge in [0.2, 0.25) is 0 Å². The Hall–Kier alpha value is -1.44. The summed E-state index contributed by atoms with van der Waals surface area (Å²) in [6.07, 6.45) is 2.84. The third-order valence-corrected chi connectivity index (χ3v) is 5.02. The zero-order valence-electron chi connectivity index (χ0n) is 12.4. The van der Waals surface area contributed by atoms with Crippen molar-refractivity contribution in [1.29, 1.82) is 0 Å². The highest BCUT2D eigenvalue weighted by Gasteiger charge is 2.44. The van der Waals surface area contributed by atoms with Crippen molar-refractivity contribution in [2.45, 2.75) is 25.0 Å². The van der Waals surface area contributed by atoms with E-state index < -0.39 is 0 Å². The Kier molecular flexibility index (Phi) is 5.72. The van der Waals surface area contributed by atoms with E-state index in [1.54, 1.807) is 0 Å². The molecule has 0 bridgehead atoms. The van der Waals surface area contributed by atoms with Crippen molar-refractivity contribution in [1.82, 2.24) is 0 Å². The molecule has 1 saturated carbocycles. The second-order valence-electron chi connectivity index (χ2n) is 5.45. The maximum absolute atomic E-state index is 11.4. The quantitative estimate of drug-likeness (QED) is 0.648. The summed E-state index contributed by atoms with van der Waals surface area (Å²) in [7, 11) is 1.46. The number of ether oxygens (including phenoxy) is 1. The Labute approximate surface area is 130 Å². The third-order valence-electron chi connectivity index (χ3n) is 3.67. The number of hydrogen-bond acceptors (Lipinski definition) is 4. The number of hydrogen-bond donors (Lipinski definition) is 1. The van der Waals surface area contributed by atoms with Crippen LogP contribution in [0.3, 0.4) is 0 Å². The first-order valence-corrected chi connectivity index (χ1v) is 8.25. The first kappa shape index (κ1) is 15.9. The van der Waals surface area contributed by atoms with E-state index in [-0.39, 0.29) is 11.4 Å². The van der Waals surface area contributed by atoms with Crippen LogP contribution in [-0.2, 0) is 15.3 Å². The molecule has 21 heavy (non-hydrogen) atoms. The van der Waals surface area contributed by atoms with Crippen LogP contribution < -0.4 is 5.73 Å².